The van der Waals surface area contributed by atoms with E-state index in [4.69, 9.17) is 0 Å². The second-order valence-corrected chi connectivity index (χ2v) is 6.10. The maximum atomic E-state index is 12.1. The SMILES string of the molecule is O=C1N[C@@H](/C=C/c2ccccc2)Cc2ccc(I)cc21. The van der Waals surface area contributed by atoms with E-state index in [1.807, 2.05) is 24.3 Å². The fourth-order valence-electron chi connectivity index (χ4n) is 2.38. The second-order valence-electron chi connectivity index (χ2n) is 4.86. The number of hydrogen-bond acceptors (Lipinski definition) is 1. The van der Waals surface area contributed by atoms with Crippen LogP contribution >= 0.6 is 22.6 Å². The summed E-state index contributed by atoms with van der Waals surface area (Å²) in [5, 5.41) is 3.04. The molecule has 0 aromatic heterocycles. The summed E-state index contributed by atoms with van der Waals surface area (Å²) in [6.45, 7) is 0. The summed E-state index contributed by atoms with van der Waals surface area (Å²) < 4.78 is 1.09. The van der Waals surface area contributed by atoms with Gasteiger partial charge in [0, 0.05) is 9.13 Å². The third kappa shape index (κ3) is 2.93. The van der Waals surface area contributed by atoms with Crippen molar-refractivity contribution in [2.45, 2.75) is 12.5 Å². The molecule has 2 nitrogen and oxygen atoms in total. The lowest BCUT2D eigenvalue weighted by Crippen LogP contribution is -2.40. The molecule has 1 amide bonds. The molecule has 1 aliphatic rings. The molecular weight excluding hydrogens is 361 g/mol. The van der Waals surface area contributed by atoms with Gasteiger partial charge in [-0.05, 0) is 52.3 Å². The fraction of sp³-hybridized carbons (Fsp3) is 0.118. The van der Waals surface area contributed by atoms with E-state index in [0.29, 0.717) is 0 Å². The molecule has 20 heavy (non-hydrogen) atoms. The molecule has 0 bridgehead atoms. The van der Waals surface area contributed by atoms with Crippen LogP contribution in [-0.4, -0.2) is 11.9 Å². The van der Waals surface area contributed by atoms with Gasteiger partial charge in [0.15, 0.2) is 0 Å². The minimum Gasteiger partial charge on any atom is -0.345 e. The number of hydrogen-bond donors (Lipinski definition) is 1. The largest absolute Gasteiger partial charge is 0.345 e. The van der Waals surface area contributed by atoms with Crippen LogP contribution in [0.15, 0.2) is 54.6 Å². The minimum atomic E-state index is 0.0208. The molecule has 2 aromatic carbocycles. The maximum Gasteiger partial charge on any atom is 0.252 e. The molecule has 1 heterocycles. The van der Waals surface area contributed by atoms with Crippen molar-refractivity contribution in [3.05, 3.63) is 74.9 Å². The Balaban J connectivity index is 1.80. The summed E-state index contributed by atoms with van der Waals surface area (Å²) >= 11 is 2.23. The van der Waals surface area contributed by atoms with Gasteiger partial charge in [0.25, 0.3) is 5.91 Å². The van der Waals surface area contributed by atoms with E-state index in [1.54, 1.807) is 0 Å². The molecule has 1 N–H and O–H groups in total. The van der Waals surface area contributed by atoms with Crippen LogP contribution in [0.2, 0.25) is 0 Å². The van der Waals surface area contributed by atoms with Crippen molar-refractivity contribution in [3.8, 4) is 0 Å². The molecule has 1 atom stereocenters. The van der Waals surface area contributed by atoms with Crippen LogP contribution in [0, 0.1) is 3.57 Å². The molecule has 0 radical (unpaired) electrons. The Hall–Kier alpha value is -1.62. The van der Waals surface area contributed by atoms with Gasteiger partial charge < -0.3 is 5.32 Å². The fourth-order valence-corrected chi connectivity index (χ4v) is 2.87. The molecule has 0 saturated carbocycles. The first kappa shape index (κ1) is 13.4. The Kier molecular flexibility index (Phi) is 3.87. The van der Waals surface area contributed by atoms with E-state index in [1.165, 1.54) is 0 Å². The molecule has 2 aromatic rings. The number of carbonyl (C=O) groups is 1. The van der Waals surface area contributed by atoms with Crippen molar-refractivity contribution in [2.75, 3.05) is 0 Å². The minimum absolute atomic E-state index is 0.0208. The van der Waals surface area contributed by atoms with Gasteiger partial charge in [0.2, 0.25) is 0 Å². The van der Waals surface area contributed by atoms with Crippen molar-refractivity contribution in [1.82, 2.24) is 5.32 Å². The maximum absolute atomic E-state index is 12.1. The Labute approximate surface area is 132 Å². The number of nitrogens with one attached hydrogen (secondary N) is 1. The quantitative estimate of drug-likeness (QED) is 0.798. The van der Waals surface area contributed by atoms with E-state index >= 15 is 0 Å². The molecule has 0 saturated heterocycles. The number of rotatable bonds is 2. The van der Waals surface area contributed by atoms with Crippen molar-refractivity contribution in [3.63, 3.8) is 0 Å². The zero-order valence-electron chi connectivity index (χ0n) is 10.8. The third-order valence-electron chi connectivity index (χ3n) is 3.39. The van der Waals surface area contributed by atoms with Crippen molar-refractivity contribution >= 4 is 34.6 Å². The van der Waals surface area contributed by atoms with Crippen LogP contribution in [0.1, 0.15) is 21.5 Å². The number of amides is 1. The highest BCUT2D eigenvalue weighted by Gasteiger charge is 2.22. The molecule has 3 heteroatoms. The van der Waals surface area contributed by atoms with Crippen LogP contribution in [0.3, 0.4) is 0 Å². The van der Waals surface area contributed by atoms with E-state index < -0.39 is 0 Å². The van der Waals surface area contributed by atoms with Gasteiger partial charge in [-0.25, -0.2) is 0 Å². The number of halogens is 1. The second kappa shape index (κ2) is 5.79. The van der Waals surface area contributed by atoms with E-state index in [9.17, 15) is 4.79 Å². The normalized spacial score (nSPS) is 17.9. The smallest absolute Gasteiger partial charge is 0.252 e. The van der Waals surface area contributed by atoms with Gasteiger partial charge in [-0.3, -0.25) is 4.79 Å². The lowest BCUT2D eigenvalue weighted by molar-refractivity contribution is 0.0934. The van der Waals surface area contributed by atoms with Gasteiger partial charge in [-0.2, -0.15) is 0 Å². The van der Waals surface area contributed by atoms with Crippen LogP contribution in [-0.2, 0) is 6.42 Å². The zero-order valence-corrected chi connectivity index (χ0v) is 13.0. The highest BCUT2D eigenvalue weighted by molar-refractivity contribution is 14.1. The predicted octanol–water partition coefficient (Wildman–Crippen LogP) is 3.66. The van der Waals surface area contributed by atoms with Crippen molar-refractivity contribution in [1.29, 1.82) is 0 Å². The molecular formula is C17H14INO. The zero-order chi connectivity index (χ0) is 13.9. The monoisotopic (exact) mass is 375 g/mol. The number of fused-ring (bicyclic) bond motifs is 1. The molecule has 1 aliphatic heterocycles. The Morgan fingerprint density at radius 3 is 2.75 bits per heavy atom. The molecule has 0 fully saturated rings. The first-order valence-corrected chi connectivity index (χ1v) is 7.63. The average Bonchev–Trinajstić information content (AvgIpc) is 2.47. The molecule has 0 aliphatic carbocycles. The van der Waals surface area contributed by atoms with Gasteiger partial charge in [0.05, 0.1) is 6.04 Å². The lowest BCUT2D eigenvalue weighted by Gasteiger charge is -2.23. The summed E-state index contributed by atoms with van der Waals surface area (Å²) in [6.07, 6.45) is 4.97. The highest BCUT2D eigenvalue weighted by atomic mass is 127. The van der Waals surface area contributed by atoms with Crippen LogP contribution in [0.4, 0.5) is 0 Å². The third-order valence-corrected chi connectivity index (χ3v) is 4.06. The van der Waals surface area contributed by atoms with Crippen LogP contribution in [0.5, 0.6) is 0 Å². The van der Waals surface area contributed by atoms with Crippen LogP contribution < -0.4 is 5.32 Å². The number of carbonyl (C=O) groups excluding carboxylic acids is 1. The summed E-state index contributed by atoms with van der Waals surface area (Å²) in [5.74, 6) is 0.0208. The Morgan fingerprint density at radius 1 is 1.15 bits per heavy atom. The summed E-state index contributed by atoms with van der Waals surface area (Å²) in [7, 11) is 0. The van der Waals surface area contributed by atoms with Gasteiger partial charge >= 0.3 is 0 Å². The predicted molar refractivity (Wildman–Crippen MR) is 89.6 cm³/mol. The van der Waals surface area contributed by atoms with E-state index in [-0.39, 0.29) is 11.9 Å². The molecule has 0 spiro atoms. The Bertz CT molecular complexity index is 664. The summed E-state index contributed by atoms with van der Waals surface area (Å²) in [5.41, 5.74) is 3.08. The van der Waals surface area contributed by atoms with Gasteiger partial charge in [-0.1, -0.05) is 48.6 Å². The first-order chi connectivity index (χ1) is 9.72. The van der Waals surface area contributed by atoms with E-state index in [2.05, 4.69) is 64.3 Å². The summed E-state index contributed by atoms with van der Waals surface area (Å²) in [4.78, 5) is 12.1. The number of benzene rings is 2. The Morgan fingerprint density at radius 2 is 1.95 bits per heavy atom. The van der Waals surface area contributed by atoms with Gasteiger partial charge in [0.1, 0.15) is 0 Å². The molecule has 100 valence electrons. The topological polar surface area (TPSA) is 29.1 Å². The molecule has 0 unspecified atom stereocenters. The average molecular weight is 375 g/mol. The van der Waals surface area contributed by atoms with E-state index in [0.717, 1.165) is 26.7 Å². The van der Waals surface area contributed by atoms with Crippen LogP contribution in [0.25, 0.3) is 6.08 Å². The van der Waals surface area contributed by atoms with Crippen molar-refractivity contribution < 1.29 is 4.79 Å². The van der Waals surface area contributed by atoms with Crippen molar-refractivity contribution in [2.24, 2.45) is 0 Å². The standard InChI is InChI=1S/C17H14INO/c18-14-8-7-13-10-15(19-17(20)16(13)11-14)9-6-12-4-2-1-3-5-12/h1-9,11,15H,10H2,(H,19,20)/b9-6+/t15-/m0/s1. The lowest BCUT2D eigenvalue weighted by atomic mass is 9.95. The highest BCUT2D eigenvalue weighted by Crippen LogP contribution is 2.20. The summed E-state index contributed by atoms with van der Waals surface area (Å²) in [6, 6.07) is 16.2. The first-order valence-electron chi connectivity index (χ1n) is 6.55. The molecule has 3 rings (SSSR count). The van der Waals surface area contributed by atoms with Gasteiger partial charge in [-0.15, -0.1) is 0 Å².